The third-order valence-electron chi connectivity index (χ3n) is 7.76. The first kappa shape index (κ1) is 27.2. The highest BCUT2D eigenvalue weighted by Gasteiger charge is 2.41. The van der Waals surface area contributed by atoms with Crippen molar-refractivity contribution in [2.45, 2.75) is 31.8 Å². The van der Waals surface area contributed by atoms with Gasteiger partial charge < -0.3 is 19.7 Å². The molecule has 3 amide bonds. The van der Waals surface area contributed by atoms with Crippen molar-refractivity contribution in [3.8, 4) is 11.5 Å². The number of anilines is 2. The lowest BCUT2D eigenvalue weighted by molar-refractivity contribution is -0.140. The largest absolute Gasteiger partial charge is 0.454 e. The van der Waals surface area contributed by atoms with Crippen molar-refractivity contribution < 1.29 is 33.0 Å². The molecule has 3 aromatic rings. The van der Waals surface area contributed by atoms with Crippen LogP contribution in [0.1, 0.15) is 35.2 Å². The Labute approximate surface area is 241 Å². The van der Waals surface area contributed by atoms with Gasteiger partial charge in [0.15, 0.2) is 11.5 Å². The summed E-state index contributed by atoms with van der Waals surface area (Å²) < 4.78 is 24.6. The molecule has 0 saturated carbocycles. The van der Waals surface area contributed by atoms with Crippen LogP contribution in [0.5, 0.6) is 11.5 Å². The minimum atomic E-state index is -0.929. The number of ether oxygens (including phenoxy) is 2. The van der Waals surface area contributed by atoms with Gasteiger partial charge in [-0.25, -0.2) is 4.39 Å². The summed E-state index contributed by atoms with van der Waals surface area (Å²) in [6.45, 7) is -0.347. The Hall–Kier alpha value is -4.99. The number of para-hydroxylation sites is 1. The van der Waals surface area contributed by atoms with Crippen molar-refractivity contribution in [1.29, 1.82) is 0 Å². The molecule has 2 unspecified atom stereocenters. The average Bonchev–Trinajstić information content (AvgIpc) is 3.57. The van der Waals surface area contributed by atoms with Crippen LogP contribution in [0.25, 0.3) is 0 Å². The summed E-state index contributed by atoms with van der Waals surface area (Å²) in [5.74, 6) is -1.99. The van der Waals surface area contributed by atoms with E-state index in [-0.39, 0.29) is 24.8 Å². The van der Waals surface area contributed by atoms with Gasteiger partial charge in [0.1, 0.15) is 18.4 Å². The molecular weight excluding hydrogens is 541 g/mol. The van der Waals surface area contributed by atoms with E-state index in [4.69, 9.17) is 9.47 Å². The summed E-state index contributed by atoms with van der Waals surface area (Å²) in [7, 11) is 0. The average molecular weight is 570 g/mol. The summed E-state index contributed by atoms with van der Waals surface area (Å²) in [5, 5.41) is 2.94. The van der Waals surface area contributed by atoms with Gasteiger partial charge in [0.2, 0.25) is 18.6 Å². The van der Waals surface area contributed by atoms with Crippen LogP contribution in [-0.2, 0) is 20.9 Å². The fourth-order valence-electron chi connectivity index (χ4n) is 5.66. The van der Waals surface area contributed by atoms with E-state index in [0.29, 0.717) is 41.3 Å². The van der Waals surface area contributed by atoms with Crippen molar-refractivity contribution in [2.24, 2.45) is 5.92 Å². The van der Waals surface area contributed by atoms with Crippen LogP contribution in [0.4, 0.5) is 15.8 Å². The highest BCUT2D eigenvalue weighted by molar-refractivity contribution is 6.52. The lowest BCUT2D eigenvalue weighted by Gasteiger charge is -2.37. The molecule has 0 spiro atoms. The zero-order chi connectivity index (χ0) is 29.2. The van der Waals surface area contributed by atoms with Crippen LogP contribution in [0.15, 0.2) is 78.9 Å². The highest BCUT2D eigenvalue weighted by atomic mass is 19.1. The minimum Gasteiger partial charge on any atom is -0.454 e. The Kier molecular flexibility index (Phi) is 7.43. The van der Waals surface area contributed by atoms with E-state index >= 15 is 0 Å². The molecule has 2 aliphatic heterocycles. The molecule has 1 N–H and O–H groups in total. The number of amides is 3. The van der Waals surface area contributed by atoms with Gasteiger partial charge >= 0.3 is 0 Å². The van der Waals surface area contributed by atoms with Gasteiger partial charge in [-0.1, -0.05) is 36.4 Å². The summed E-state index contributed by atoms with van der Waals surface area (Å²) in [6.07, 6.45) is 6.00. The molecule has 0 radical (unpaired) electrons. The molecule has 2 heterocycles. The van der Waals surface area contributed by atoms with E-state index in [2.05, 4.69) is 5.32 Å². The fraction of sp³-hybridized carbons (Fsp3) is 0.250. The Morgan fingerprint density at radius 1 is 1.00 bits per heavy atom. The van der Waals surface area contributed by atoms with Crippen LogP contribution < -0.4 is 19.7 Å². The first-order valence-corrected chi connectivity index (χ1v) is 13.7. The normalized spacial score (nSPS) is 17.6. The predicted molar refractivity (Wildman–Crippen MR) is 152 cm³/mol. The second kappa shape index (κ2) is 11.5. The molecule has 0 aromatic heterocycles. The number of halogens is 1. The zero-order valence-corrected chi connectivity index (χ0v) is 22.6. The Morgan fingerprint density at radius 2 is 1.79 bits per heavy atom. The first-order chi connectivity index (χ1) is 20.4. The predicted octanol–water partition coefficient (Wildman–Crippen LogP) is 4.48. The third-order valence-corrected chi connectivity index (χ3v) is 7.76. The van der Waals surface area contributed by atoms with Gasteiger partial charge in [-0.15, -0.1) is 0 Å². The second-order valence-electron chi connectivity index (χ2n) is 10.4. The molecule has 1 aliphatic carbocycles. The van der Waals surface area contributed by atoms with Crippen molar-refractivity contribution in [1.82, 2.24) is 4.90 Å². The standard InChI is InChI=1S/C32H28FN3O6/c33-22-12-10-20(11-13-22)17-36(28(37)18-35-25-9-5-4-8-24(25)30(38)32(35)40)29(21-6-2-1-3-7-21)31(39)34-23-14-15-26-27(16-23)42-19-41-26/h1-2,4-5,8-16,21,29H,3,6-7,17-19H2,(H,34,39). The van der Waals surface area contributed by atoms with Crippen molar-refractivity contribution in [3.05, 3.63) is 95.8 Å². The molecular formula is C32H28FN3O6. The molecule has 3 aromatic carbocycles. The van der Waals surface area contributed by atoms with Crippen LogP contribution in [0.2, 0.25) is 0 Å². The molecule has 2 atom stereocenters. The molecule has 0 saturated heterocycles. The van der Waals surface area contributed by atoms with E-state index in [1.807, 2.05) is 12.2 Å². The van der Waals surface area contributed by atoms with Crippen LogP contribution in [0, 0.1) is 11.7 Å². The van der Waals surface area contributed by atoms with Gasteiger partial charge in [-0.3, -0.25) is 24.1 Å². The zero-order valence-electron chi connectivity index (χ0n) is 22.6. The molecule has 10 heteroatoms. The molecule has 6 rings (SSSR count). The molecule has 3 aliphatic rings. The van der Waals surface area contributed by atoms with E-state index in [9.17, 15) is 23.6 Å². The number of hydrogen-bond acceptors (Lipinski definition) is 6. The second-order valence-corrected chi connectivity index (χ2v) is 10.4. The number of rotatable bonds is 8. The number of Topliss-reactive ketones (excluding diaryl/α,β-unsaturated/α-hetero) is 1. The van der Waals surface area contributed by atoms with E-state index in [0.717, 1.165) is 11.3 Å². The maximum absolute atomic E-state index is 14.1. The van der Waals surface area contributed by atoms with Crippen molar-refractivity contribution in [2.75, 3.05) is 23.6 Å². The number of ketones is 1. The Bertz CT molecular complexity index is 1590. The van der Waals surface area contributed by atoms with Crippen molar-refractivity contribution >= 4 is 34.9 Å². The van der Waals surface area contributed by atoms with Gasteiger partial charge in [-0.05, 0) is 67.1 Å². The third kappa shape index (κ3) is 5.35. The number of benzene rings is 3. The topological polar surface area (TPSA) is 105 Å². The molecule has 42 heavy (non-hydrogen) atoms. The summed E-state index contributed by atoms with van der Waals surface area (Å²) in [4.78, 5) is 56.3. The maximum atomic E-state index is 14.1. The highest BCUT2D eigenvalue weighted by Crippen LogP contribution is 2.35. The summed E-state index contributed by atoms with van der Waals surface area (Å²) in [6, 6.07) is 16.3. The smallest absolute Gasteiger partial charge is 0.299 e. The number of carbonyl (C=O) groups excluding carboxylic acids is 4. The van der Waals surface area contributed by atoms with Gasteiger partial charge in [0.05, 0.1) is 11.3 Å². The number of nitrogens with one attached hydrogen (secondary N) is 1. The fourth-order valence-corrected chi connectivity index (χ4v) is 5.66. The molecule has 214 valence electrons. The monoisotopic (exact) mass is 569 g/mol. The van der Waals surface area contributed by atoms with E-state index < -0.39 is 41.9 Å². The van der Waals surface area contributed by atoms with E-state index in [1.165, 1.54) is 17.0 Å². The Balaban J connectivity index is 1.34. The van der Waals surface area contributed by atoms with E-state index in [1.54, 1.807) is 54.6 Å². The number of fused-ring (bicyclic) bond motifs is 2. The summed E-state index contributed by atoms with van der Waals surface area (Å²) >= 11 is 0. The Morgan fingerprint density at radius 3 is 2.57 bits per heavy atom. The first-order valence-electron chi connectivity index (χ1n) is 13.7. The number of carbonyl (C=O) groups is 4. The van der Waals surface area contributed by atoms with Gasteiger partial charge in [0, 0.05) is 18.3 Å². The number of hydrogen-bond donors (Lipinski definition) is 1. The minimum absolute atomic E-state index is 0.00379. The quantitative estimate of drug-likeness (QED) is 0.317. The SMILES string of the molecule is O=C1C(=O)N(CC(=O)N(Cc2ccc(F)cc2)C(C(=O)Nc2ccc3c(c2)OCO3)C2CC=CCC2)c2ccccc21. The molecule has 0 fully saturated rings. The van der Waals surface area contributed by atoms with Crippen LogP contribution >= 0.6 is 0 Å². The lowest BCUT2D eigenvalue weighted by atomic mass is 9.85. The lowest BCUT2D eigenvalue weighted by Crippen LogP contribution is -2.54. The van der Waals surface area contributed by atoms with Crippen LogP contribution in [0.3, 0.4) is 0 Å². The van der Waals surface area contributed by atoms with Crippen LogP contribution in [-0.4, -0.2) is 47.8 Å². The van der Waals surface area contributed by atoms with Crippen molar-refractivity contribution in [3.63, 3.8) is 0 Å². The molecule has 0 bridgehead atoms. The van der Waals surface area contributed by atoms with Gasteiger partial charge in [-0.2, -0.15) is 0 Å². The maximum Gasteiger partial charge on any atom is 0.299 e. The summed E-state index contributed by atoms with van der Waals surface area (Å²) in [5.41, 5.74) is 1.67. The molecule has 9 nitrogen and oxygen atoms in total. The van der Waals surface area contributed by atoms with Gasteiger partial charge in [0.25, 0.3) is 11.7 Å². The number of nitrogens with zero attached hydrogens (tertiary/aromatic N) is 2. The number of allylic oxidation sites excluding steroid dienone is 2.